The van der Waals surface area contributed by atoms with Gasteiger partial charge in [-0.05, 0) is 47.7 Å². The van der Waals surface area contributed by atoms with E-state index in [0.29, 0.717) is 0 Å². The largest absolute Gasteiger partial charge is 0.345 e. The van der Waals surface area contributed by atoms with Crippen LogP contribution in [0.2, 0.25) is 5.02 Å². The van der Waals surface area contributed by atoms with E-state index >= 15 is 0 Å². The summed E-state index contributed by atoms with van der Waals surface area (Å²) < 4.78 is 0. The van der Waals surface area contributed by atoms with Crippen molar-refractivity contribution in [2.24, 2.45) is 0 Å². The van der Waals surface area contributed by atoms with Crippen molar-refractivity contribution >= 4 is 34.8 Å². The third kappa shape index (κ3) is 3.68. The van der Waals surface area contributed by atoms with Gasteiger partial charge in [0.15, 0.2) is 0 Å². The van der Waals surface area contributed by atoms with E-state index in [1.54, 1.807) is 4.90 Å². The molecule has 0 saturated carbocycles. The molecule has 0 saturated heterocycles. The minimum absolute atomic E-state index is 0.108. The second kappa shape index (κ2) is 7.45. The van der Waals surface area contributed by atoms with Crippen molar-refractivity contribution in [2.45, 2.75) is 17.7 Å². The Morgan fingerprint density at radius 1 is 1.12 bits per heavy atom. The Kier molecular flexibility index (Phi) is 5.32. The molecule has 1 aliphatic heterocycles. The number of thioether (sulfide) groups is 1. The molecule has 0 aromatic heterocycles. The van der Waals surface area contributed by atoms with Gasteiger partial charge in [-0.3, -0.25) is 4.79 Å². The molecule has 3 rings (SSSR count). The molecule has 0 radical (unpaired) electrons. The summed E-state index contributed by atoms with van der Waals surface area (Å²) in [5.41, 5.74) is 4.41. The Bertz CT molecular complexity index is 780. The van der Waals surface area contributed by atoms with Crippen molar-refractivity contribution in [1.29, 1.82) is 0 Å². The highest BCUT2D eigenvalue weighted by Gasteiger charge is 2.23. The predicted molar refractivity (Wildman–Crippen MR) is 103 cm³/mol. The fraction of sp³-hybridized carbons (Fsp3) is 0.250. The molecule has 1 heterocycles. The number of benzene rings is 2. The van der Waals surface area contributed by atoms with Gasteiger partial charge in [0.1, 0.15) is 0 Å². The van der Waals surface area contributed by atoms with Gasteiger partial charge < -0.3 is 4.90 Å². The average molecular weight is 358 g/mol. The van der Waals surface area contributed by atoms with Gasteiger partial charge in [-0.15, -0.1) is 11.8 Å². The van der Waals surface area contributed by atoms with Crippen LogP contribution in [0.5, 0.6) is 0 Å². The number of fused-ring (bicyclic) bond motifs is 1. The molecule has 2 aromatic rings. The summed E-state index contributed by atoms with van der Waals surface area (Å²) in [6.45, 7) is 0. The maximum absolute atomic E-state index is 12.8. The minimum atomic E-state index is 0.108. The molecule has 0 spiro atoms. The van der Waals surface area contributed by atoms with Gasteiger partial charge in [-0.2, -0.15) is 0 Å². The number of nitrogens with zero attached hydrogens (tertiary/aromatic N) is 1. The predicted octanol–water partition coefficient (Wildman–Crippen LogP) is 4.92. The first-order chi connectivity index (χ1) is 11.6. The third-order valence-electron chi connectivity index (χ3n) is 4.14. The summed E-state index contributed by atoms with van der Waals surface area (Å²) >= 11 is 7.83. The summed E-state index contributed by atoms with van der Waals surface area (Å²) in [5, 5.41) is 0.731. The zero-order valence-electron chi connectivity index (χ0n) is 13.9. The lowest BCUT2D eigenvalue weighted by Crippen LogP contribution is -2.24. The number of likely N-dealkylation sites (N-methyl/N-ethyl adjacent to an activating group) is 1. The molecule has 0 fully saturated rings. The van der Waals surface area contributed by atoms with Crippen LogP contribution in [0.15, 0.2) is 59.0 Å². The first kappa shape index (κ1) is 17.1. The Hall–Kier alpha value is -1.71. The number of halogens is 1. The van der Waals surface area contributed by atoms with E-state index in [1.807, 2.05) is 56.2 Å². The van der Waals surface area contributed by atoms with Crippen LogP contribution in [0.1, 0.15) is 17.5 Å². The van der Waals surface area contributed by atoms with E-state index in [1.165, 1.54) is 16.0 Å². The van der Waals surface area contributed by atoms with E-state index in [2.05, 4.69) is 18.2 Å². The van der Waals surface area contributed by atoms with Gasteiger partial charge in [-0.1, -0.05) is 41.9 Å². The second-order valence-electron chi connectivity index (χ2n) is 6.05. The van der Waals surface area contributed by atoms with E-state index in [9.17, 15) is 4.79 Å². The first-order valence-electron chi connectivity index (χ1n) is 7.96. The van der Waals surface area contributed by atoms with Crippen molar-refractivity contribution in [3.63, 3.8) is 0 Å². The Morgan fingerprint density at radius 2 is 1.83 bits per heavy atom. The smallest absolute Gasteiger partial charge is 0.249 e. The Balaban J connectivity index is 2.11. The highest BCUT2D eigenvalue weighted by atomic mass is 35.5. The minimum Gasteiger partial charge on any atom is -0.345 e. The molecule has 2 nitrogen and oxygen atoms in total. The molecule has 124 valence electrons. The lowest BCUT2D eigenvalue weighted by Gasteiger charge is -2.18. The Morgan fingerprint density at radius 3 is 2.54 bits per heavy atom. The maximum atomic E-state index is 12.8. The van der Waals surface area contributed by atoms with Crippen LogP contribution in [0.4, 0.5) is 0 Å². The molecule has 4 heteroatoms. The molecule has 0 atom stereocenters. The monoisotopic (exact) mass is 357 g/mol. The number of amides is 1. The van der Waals surface area contributed by atoms with Gasteiger partial charge in [0.05, 0.1) is 0 Å². The number of carbonyl (C=O) groups excluding carboxylic acids is 1. The normalized spacial score (nSPS) is 14.1. The summed E-state index contributed by atoms with van der Waals surface area (Å²) in [4.78, 5) is 15.7. The molecule has 1 amide bonds. The average Bonchev–Trinajstić information content (AvgIpc) is 2.76. The number of carbonyl (C=O) groups is 1. The van der Waals surface area contributed by atoms with Gasteiger partial charge >= 0.3 is 0 Å². The van der Waals surface area contributed by atoms with Crippen LogP contribution in [-0.4, -0.2) is 30.7 Å². The van der Waals surface area contributed by atoms with Crippen molar-refractivity contribution < 1.29 is 4.79 Å². The van der Waals surface area contributed by atoms with Crippen LogP contribution >= 0.6 is 23.4 Å². The maximum Gasteiger partial charge on any atom is 0.249 e. The zero-order chi connectivity index (χ0) is 17.1. The lowest BCUT2D eigenvalue weighted by atomic mass is 9.91. The van der Waals surface area contributed by atoms with Crippen LogP contribution < -0.4 is 0 Å². The fourth-order valence-electron chi connectivity index (χ4n) is 2.93. The van der Waals surface area contributed by atoms with Gasteiger partial charge in [0.25, 0.3) is 0 Å². The standard InChI is InChI=1S/C20H20ClNOS/c1-22(2)20(23)17-11-12-24-19-6-4-3-5-16(19)18(17)13-14-7-9-15(21)10-8-14/h3-10H,11-13H2,1-2H3. The topological polar surface area (TPSA) is 20.3 Å². The van der Waals surface area contributed by atoms with Crippen LogP contribution in [0, 0.1) is 0 Å². The number of rotatable bonds is 3. The van der Waals surface area contributed by atoms with Gasteiger partial charge in [0, 0.05) is 35.3 Å². The van der Waals surface area contributed by atoms with E-state index in [-0.39, 0.29) is 5.91 Å². The lowest BCUT2D eigenvalue weighted by molar-refractivity contribution is -0.124. The molecular formula is C20H20ClNOS. The number of hydrogen-bond donors (Lipinski definition) is 0. The quantitative estimate of drug-likeness (QED) is 0.777. The highest BCUT2D eigenvalue weighted by molar-refractivity contribution is 7.99. The molecular weight excluding hydrogens is 338 g/mol. The fourth-order valence-corrected chi connectivity index (χ4v) is 4.11. The molecule has 1 aliphatic rings. The van der Waals surface area contributed by atoms with E-state index in [0.717, 1.165) is 34.8 Å². The summed E-state index contributed by atoms with van der Waals surface area (Å²) in [6.07, 6.45) is 1.53. The van der Waals surface area contributed by atoms with Gasteiger partial charge in [-0.25, -0.2) is 0 Å². The third-order valence-corrected chi connectivity index (χ3v) is 5.47. The van der Waals surface area contributed by atoms with Gasteiger partial charge in [0.2, 0.25) is 5.91 Å². The van der Waals surface area contributed by atoms with E-state index in [4.69, 9.17) is 11.6 Å². The van der Waals surface area contributed by atoms with E-state index < -0.39 is 0 Å². The Labute approximate surface area is 152 Å². The molecule has 0 N–H and O–H groups in total. The highest BCUT2D eigenvalue weighted by Crippen LogP contribution is 2.37. The second-order valence-corrected chi connectivity index (χ2v) is 7.63. The van der Waals surface area contributed by atoms with Crippen molar-refractivity contribution in [2.75, 3.05) is 19.8 Å². The first-order valence-corrected chi connectivity index (χ1v) is 9.33. The molecule has 0 aliphatic carbocycles. The number of allylic oxidation sites excluding steroid dienone is 1. The summed E-state index contributed by atoms with van der Waals surface area (Å²) in [7, 11) is 3.64. The van der Waals surface area contributed by atoms with Crippen LogP contribution in [0.3, 0.4) is 0 Å². The zero-order valence-corrected chi connectivity index (χ0v) is 15.5. The van der Waals surface area contributed by atoms with Crippen molar-refractivity contribution in [3.8, 4) is 0 Å². The summed E-state index contributed by atoms with van der Waals surface area (Å²) in [6, 6.07) is 16.3. The summed E-state index contributed by atoms with van der Waals surface area (Å²) in [5.74, 6) is 1.03. The van der Waals surface area contributed by atoms with Crippen molar-refractivity contribution in [1.82, 2.24) is 4.90 Å². The van der Waals surface area contributed by atoms with Crippen LogP contribution in [0.25, 0.3) is 5.57 Å². The molecule has 24 heavy (non-hydrogen) atoms. The molecule has 2 aromatic carbocycles. The van der Waals surface area contributed by atoms with Crippen LogP contribution in [-0.2, 0) is 11.2 Å². The number of hydrogen-bond acceptors (Lipinski definition) is 2. The van der Waals surface area contributed by atoms with Crippen molar-refractivity contribution in [3.05, 3.63) is 70.3 Å². The molecule has 0 bridgehead atoms. The SMILES string of the molecule is CN(C)C(=O)C1=C(Cc2ccc(Cl)cc2)c2ccccc2SCC1. The molecule has 0 unspecified atom stereocenters.